The molecule has 0 aromatic heterocycles. The van der Waals surface area contributed by atoms with Gasteiger partial charge in [0.05, 0.1) is 16.5 Å². The number of amides is 1. The van der Waals surface area contributed by atoms with Gasteiger partial charge in [0.15, 0.2) is 11.4 Å². The third kappa shape index (κ3) is 3.88. The van der Waals surface area contributed by atoms with Crippen LogP contribution < -0.4 is 10.6 Å². The van der Waals surface area contributed by atoms with Crippen molar-refractivity contribution in [1.82, 2.24) is 4.90 Å². The van der Waals surface area contributed by atoms with Crippen molar-refractivity contribution in [2.24, 2.45) is 17.6 Å². The number of carbonyl (C=O) groups is 3. The van der Waals surface area contributed by atoms with Crippen LogP contribution in [0.15, 0.2) is 47.2 Å². The van der Waals surface area contributed by atoms with Gasteiger partial charge in [0.2, 0.25) is 5.78 Å². The van der Waals surface area contributed by atoms with E-state index in [9.17, 15) is 44.9 Å². The number of benzene rings is 2. The highest BCUT2D eigenvalue weighted by atomic mass is 16.6. The number of non-ortho nitro benzene ring substituents is 1. The molecule has 0 unspecified atom stereocenters. The number of Topliss-reactive ketones (excluding diaryl/α,β-unsaturated/α-hetero) is 2. The first kappa shape index (κ1) is 28.8. The van der Waals surface area contributed by atoms with Crippen molar-refractivity contribution in [3.05, 3.63) is 68.5 Å². The lowest BCUT2D eigenvalue weighted by molar-refractivity contribution is -0.384. The third-order valence-corrected chi connectivity index (χ3v) is 8.55. The van der Waals surface area contributed by atoms with Crippen LogP contribution in [0.4, 0.5) is 11.4 Å². The van der Waals surface area contributed by atoms with E-state index in [1.807, 2.05) is 0 Å². The smallest absolute Gasteiger partial charge is 0.270 e. The van der Waals surface area contributed by atoms with Crippen LogP contribution in [0.5, 0.6) is 5.75 Å². The molecule has 4 atom stereocenters. The molecule has 0 heterocycles. The molecular weight excluding hydrogens is 548 g/mol. The number of hydrogen-bond acceptors (Lipinski definition) is 11. The van der Waals surface area contributed by atoms with Crippen LogP contribution in [0.25, 0.3) is 16.9 Å². The average Bonchev–Trinajstić information content (AvgIpc) is 2.90. The van der Waals surface area contributed by atoms with Crippen molar-refractivity contribution >= 4 is 34.6 Å². The number of rotatable bonds is 5. The van der Waals surface area contributed by atoms with E-state index in [0.29, 0.717) is 11.3 Å². The highest BCUT2D eigenvalue weighted by Crippen LogP contribution is 2.55. The minimum absolute atomic E-state index is 0.0357. The summed E-state index contributed by atoms with van der Waals surface area (Å²) in [6, 6.07) is 6.02. The summed E-state index contributed by atoms with van der Waals surface area (Å²) < 4.78 is 0. The SMILES string of the molecule is CN(C)c1cc(-c2cccc([N+](=O)[O-])c2)c(O)c2c1C[C@@H]1C[C@H]3[C@H](N(C)C)C(=O)C(C(N)=O)=C(O)[C@@]3(O)C(=O)C1=C2O. The maximum Gasteiger partial charge on any atom is 0.270 e. The Morgan fingerprint density at radius 2 is 1.79 bits per heavy atom. The van der Waals surface area contributed by atoms with Crippen molar-refractivity contribution in [3.8, 4) is 16.9 Å². The number of aliphatic hydroxyl groups excluding tert-OH is 2. The zero-order chi connectivity index (χ0) is 31.0. The van der Waals surface area contributed by atoms with Crippen molar-refractivity contribution < 1.29 is 39.7 Å². The Balaban J connectivity index is 1.77. The molecule has 2 aromatic rings. The number of nitrogens with zero attached hydrogens (tertiary/aromatic N) is 3. The van der Waals surface area contributed by atoms with Crippen LogP contribution in [-0.4, -0.2) is 87.6 Å². The quantitative estimate of drug-likeness (QED) is 0.196. The first-order chi connectivity index (χ1) is 19.6. The number of fused-ring (bicyclic) bond motifs is 3. The van der Waals surface area contributed by atoms with Crippen molar-refractivity contribution in [1.29, 1.82) is 0 Å². The number of likely N-dealkylation sites (N-methyl/N-ethyl adjacent to an activating group) is 1. The van der Waals surface area contributed by atoms with Gasteiger partial charge in [-0.15, -0.1) is 0 Å². The summed E-state index contributed by atoms with van der Waals surface area (Å²) in [5, 5.41) is 57.3. The minimum atomic E-state index is -2.75. The fourth-order valence-corrected chi connectivity index (χ4v) is 6.70. The number of carbonyl (C=O) groups excluding carboxylic acids is 3. The van der Waals surface area contributed by atoms with Gasteiger partial charge in [0.25, 0.3) is 11.6 Å². The van der Waals surface area contributed by atoms with Gasteiger partial charge in [0, 0.05) is 49.0 Å². The van der Waals surface area contributed by atoms with E-state index >= 15 is 0 Å². The van der Waals surface area contributed by atoms with Gasteiger partial charge in [-0.25, -0.2) is 0 Å². The highest BCUT2D eigenvalue weighted by Gasteiger charge is 2.64. The average molecular weight is 579 g/mol. The molecule has 1 saturated carbocycles. The van der Waals surface area contributed by atoms with Crippen LogP contribution in [-0.2, 0) is 20.8 Å². The van der Waals surface area contributed by atoms with Crippen LogP contribution in [0.1, 0.15) is 17.5 Å². The number of aromatic hydroxyl groups is 1. The van der Waals surface area contributed by atoms with E-state index in [1.54, 1.807) is 31.1 Å². The van der Waals surface area contributed by atoms with E-state index in [-0.39, 0.29) is 40.8 Å². The Bertz CT molecular complexity index is 1660. The second-order valence-corrected chi connectivity index (χ2v) is 11.3. The van der Waals surface area contributed by atoms with Gasteiger partial charge in [-0.2, -0.15) is 0 Å². The summed E-state index contributed by atoms with van der Waals surface area (Å²) in [4.78, 5) is 53.5. The van der Waals surface area contributed by atoms with E-state index in [0.717, 1.165) is 0 Å². The van der Waals surface area contributed by atoms with E-state index in [2.05, 4.69) is 0 Å². The minimum Gasteiger partial charge on any atom is -0.508 e. The highest BCUT2D eigenvalue weighted by molar-refractivity contribution is 6.24. The van der Waals surface area contributed by atoms with Crippen molar-refractivity contribution in [3.63, 3.8) is 0 Å². The molecule has 42 heavy (non-hydrogen) atoms. The molecule has 0 saturated heterocycles. The van der Waals surface area contributed by atoms with Crippen LogP contribution >= 0.6 is 0 Å². The summed E-state index contributed by atoms with van der Waals surface area (Å²) in [7, 11) is 6.54. The van der Waals surface area contributed by atoms with Gasteiger partial charge in [-0.1, -0.05) is 12.1 Å². The van der Waals surface area contributed by atoms with Gasteiger partial charge in [0.1, 0.15) is 22.8 Å². The molecule has 2 aromatic carbocycles. The fourth-order valence-electron chi connectivity index (χ4n) is 6.70. The summed E-state index contributed by atoms with van der Waals surface area (Å²) in [5.41, 5.74) is 2.62. The Kier molecular flexibility index (Phi) is 6.62. The lowest BCUT2D eigenvalue weighted by atomic mass is 9.57. The number of aliphatic hydroxyl groups is 3. The molecule has 3 aliphatic carbocycles. The lowest BCUT2D eigenvalue weighted by Gasteiger charge is -2.50. The molecule has 0 radical (unpaired) electrons. The standard InChI is InChI=1S/C29H30N4O9/c1-31(2)18-11-15(12-6-5-7-14(8-12)33(41)42)23(34)20-16(18)9-13-10-17-22(32(3)4)25(36)21(28(30)39)27(38)29(17,40)26(37)19(13)24(20)35/h5-8,11,13,17,22,34-35,38,40H,9-10H2,1-4H3,(H2,30,39)/t13-,17+,22+,29+/m1/s1. The van der Waals surface area contributed by atoms with Crippen molar-refractivity contribution in [2.75, 3.05) is 33.1 Å². The summed E-state index contributed by atoms with van der Waals surface area (Å²) >= 11 is 0. The van der Waals surface area contributed by atoms with Crippen LogP contribution in [0.2, 0.25) is 0 Å². The van der Waals surface area contributed by atoms with Crippen LogP contribution in [0, 0.1) is 22.0 Å². The summed E-state index contributed by atoms with van der Waals surface area (Å²) in [6.07, 6.45) is 0.0802. The Hall–Kier alpha value is -4.75. The second-order valence-electron chi connectivity index (χ2n) is 11.3. The largest absolute Gasteiger partial charge is 0.508 e. The normalized spacial score (nSPS) is 25.2. The first-order valence-corrected chi connectivity index (χ1v) is 13.1. The molecule has 3 aliphatic rings. The Labute approximate surface area is 239 Å². The van der Waals surface area contributed by atoms with Gasteiger partial charge in [-0.3, -0.25) is 29.4 Å². The molecule has 1 fully saturated rings. The molecule has 13 nitrogen and oxygen atoms in total. The Morgan fingerprint density at radius 1 is 1.12 bits per heavy atom. The number of primary amides is 1. The van der Waals surface area contributed by atoms with E-state index < -0.39 is 68.7 Å². The molecule has 0 aliphatic heterocycles. The number of phenolic OH excluding ortho intramolecular Hbond substituents is 1. The molecule has 1 amide bonds. The zero-order valence-corrected chi connectivity index (χ0v) is 23.3. The molecule has 5 rings (SSSR count). The van der Waals surface area contributed by atoms with Crippen molar-refractivity contribution in [2.45, 2.75) is 24.5 Å². The maximum absolute atomic E-state index is 14.1. The second kappa shape index (κ2) is 9.67. The molecule has 13 heteroatoms. The first-order valence-electron chi connectivity index (χ1n) is 13.1. The lowest BCUT2D eigenvalue weighted by Crippen LogP contribution is -2.65. The fraction of sp³-hybridized carbons (Fsp3) is 0.345. The predicted octanol–water partition coefficient (Wildman–Crippen LogP) is 1.61. The maximum atomic E-state index is 14.1. The van der Waals surface area contributed by atoms with E-state index in [1.165, 1.54) is 37.2 Å². The number of phenols is 1. The summed E-state index contributed by atoms with van der Waals surface area (Å²) in [6.45, 7) is 0. The van der Waals surface area contributed by atoms with Crippen LogP contribution in [0.3, 0.4) is 0 Å². The molecule has 0 bridgehead atoms. The number of anilines is 1. The molecule has 6 N–H and O–H groups in total. The Morgan fingerprint density at radius 3 is 2.36 bits per heavy atom. The topological polar surface area (TPSA) is 208 Å². The van der Waals surface area contributed by atoms with Gasteiger partial charge >= 0.3 is 0 Å². The van der Waals surface area contributed by atoms with E-state index in [4.69, 9.17) is 5.73 Å². The number of nitrogens with two attached hydrogens (primary N) is 1. The zero-order valence-electron chi connectivity index (χ0n) is 23.3. The number of hydrogen-bond donors (Lipinski definition) is 5. The third-order valence-electron chi connectivity index (χ3n) is 8.55. The molecule has 0 spiro atoms. The monoisotopic (exact) mass is 578 g/mol. The number of ketones is 2. The molecule has 220 valence electrons. The molecular formula is C29H30N4O9. The number of nitro benzene ring substituents is 1. The van der Waals surface area contributed by atoms with Gasteiger partial charge < -0.3 is 31.1 Å². The summed E-state index contributed by atoms with van der Waals surface area (Å²) in [5.74, 6) is -7.41. The van der Waals surface area contributed by atoms with Gasteiger partial charge in [-0.05, 0) is 50.0 Å². The predicted molar refractivity (Wildman–Crippen MR) is 151 cm³/mol. The number of nitro groups is 1.